The Morgan fingerprint density at radius 1 is 1.14 bits per heavy atom. The van der Waals surface area contributed by atoms with Gasteiger partial charge in [-0.1, -0.05) is 18.2 Å². The maximum Gasteiger partial charge on any atom is 0.279 e. The van der Waals surface area contributed by atoms with Crippen molar-refractivity contribution >= 4 is 23.2 Å². The van der Waals surface area contributed by atoms with Gasteiger partial charge >= 0.3 is 0 Å². The predicted octanol–water partition coefficient (Wildman–Crippen LogP) is 3.49. The molecule has 0 unspecified atom stereocenters. The van der Waals surface area contributed by atoms with E-state index in [1.54, 1.807) is 37.4 Å². The van der Waals surface area contributed by atoms with Crippen LogP contribution in [0.25, 0.3) is 0 Å². The molecule has 3 rings (SSSR count). The zero-order valence-corrected chi connectivity index (χ0v) is 17.4. The molecule has 2 aromatic carbocycles. The molecule has 0 radical (unpaired) electrons. The summed E-state index contributed by atoms with van der Waals surface area (Å²) in [6.07, 6.45) is 1.88. The van der Waals surface area contributed by atoms with Crippen molar-refractivity contribution in [3.8, 4) is 5.75 Å². The van der Waals surface area contributed by atoms with Crippen LogP contribution < -0.4 is 14.9 Å². The summed E-state index contributed by atoms with van der Waals surface area (Å²) in [6, 6.07) is 14.4. The highest BCUT2D eigenvalue weighted by Gasteiger charge is 2.09. The molecule has 0 aliphatic carbocycles. The Morgan fingerprint density at radius 2 is 1.90 bits per heavy atom. The van der Waals surface area contributed by atoms with E-state index in [1.165, 1.54) is 11.3 Å². The van der Waals surface area contributed by atoms with Crippen LogP contribution in [-0.2, 0) is 6.54 Å². The van der Waals surface area contributed by atoms with Crippen molar-refractivity contribution in [1.29, 1.82) is 0 Å². The highest BCUT2D eigenvalue weighted by molar-refractivity contribution is 7.07. The van der Waals surface area contributed by atoms with E-state index in [2.05, 4.69) is 10.3 Å². The highest BCUT2D eigenvalue weighted by Crippen LogP contribution is 2.13. The molecule has 0 saturated heterocycles. The molecule has 6 nitrogen and oxygen atoms in total. The Bertz CT molecular complexity index is 1080. The molecule has 1 heterocycles. The fourth-order valence-electron chi connectivity index (χ4n) is 2.77. The predicted molar refractivity (Wildman–Crippen MR) is 113 cm³/mol. The second-order valence-corrected chi connectivity index (χ2v) is 7.66. The third-order valence-electron chi connectivity index (χ3n) is 4.14. The summed E-state index contributed by atoms with van der Waals surface area (Å²) in [6.45, 7) is 4.36. The zero-order chi connectivity index (χ0) is 20.8. The lowest BCUT2D eigenvalue weighted by Crippen LogP contribution is -2.30. The number of methoxy groups -OCH3 is 1. The summed E-state index contributed by atoms with van der Waals surface area (Å²) >= 11 is 1.39. The first-order chi connectivity index (χ1) is 14.0. The third-order valence-corrected chi connectivity index (χ3v) is 4.93. The number of benzene rings is 2. The maximum absolute atomic E-state index is 12.5. The number of carbonyl (C=O) groups excluding carboxylic acids is 2. The number of thiazole rings is 1. The number of nitrogens with one attached hydrogen (secondary N) is 1. The van der Waals surface area contributed by atoms with Crippen LogP contribution in [0.1, 0.15) is 40.1 Å². The molecule has 150 valence electrons. The number of hydrogen-bond acceptors (Lipinski definition) is 4. The third kappa shape index (κ3) is 5.42. The molecule has 0 aliphatic rings. The Kier molecular flexibility index (Phi) is 6.61. The van der Waals surface area contributed by atoms with Crippen molar-refractivity contribution in [3.63, 3.8) is 0 Å². The summed E-state index contributed by atoms with van der Waals surface area (Å²) in [7, 11) is 1.56. The Balaban J connectivity index is 1.83. The fourth-order valence-corrected chi connectivity index (χ4v) is 3.49. The van der Waals surface area contributed by atoms with Gasteiger partial charge in [-0.2, -0.15) is 4.99 Å². The van der Waals surface area contributed by atoms with E-state index in [0.717, 1.165) is 5.56 Å². The molecule has 1 aromatic heterocycles. The van der Waals surface area contributed by atoms with Gasteiger partial charge < -0.3 is 14.6 Å². The number of aromatic nitrogens is 1. The summed E-state index contributed by atoms with van der Waals surface area (Å²) in [4.78, 5) is 29.6. The minimum Gasteiger partial charge on any atom is -0.497 e. The van der Waals surface area contributed by atoms with E-state index in [0.29, 0.717) is 28.2 Å². The molecule has 0 spiro atoms. The molecular formula is C22H23N3O3S. The van der Waals surface area contributed by atoms with Crippen LogP contribution in [0, 0.1) is 0 Å². The van der Waals surface area contributed by atoms with Gasteiger partial charge in [-0.15, -0.1) is 11.3 Å². The van der Waals surface area contributed by atoms with Gasteiger partial charge in [0.2, 0.25) is 0 Å². The normalized spacial score (nSPS) is 11.5. The smallest absolute Gasteiger partial charge is 0.279 e. The average Bonchev–Trinajstić information content (AvgIpc) is 3.14. The van der Waals surface area contributed by atoms with Crippen molar-refractivity contribution in [2.75, 3.05) is 7.11 Å². The first kappa shape index (κ1) is 20.5. The van der Waals surface area contributed by atoms with Crippen LogP contribution in [0.4, 0.5) is 0 Å². The molecule has 29 heavy (non-hydrogen) atoms. The second-order valence-electron chi connectivity index (χ2n) is 6.79. The Labute approximate surface area is 173 Å². The standard InChI is InChI=1S/C22H23N3O3S/c1-15(2)23-20(26)17-7-4-6-16(12-17)14-25-10-11-29-22(25)24-21(27)18-8-5-9-19(13-18)28-3/h4-13,15H,14H2,1-3H3,(H,23,26). The largest absolute Gasteiger partial charge is 0.497 e. The van der Waals surface area contributed by atoms with E-state index in [4.69, 9.17) is 4.74 Å². The van der Waals surface area contributed by atoms with Gasteiger partial charge in [-0.25, -0.2) is 0 Å². The second kappa shape index (κ2) is 9.34. The summed E-state index contributed by atoms with van der Waals surface area (Å²) in [5.41, 5.74) is 2.03. The van der Waals surface area contributed by atoms with Crippen LogP contribution in [0.2, 0.25) is 0 Å². The fraction of sp³-hybridized carbons (Fsp3) is 0.227. The Hall–Kier alpha value is -3.19. The molecule has 0 aliphatic heterocycles. The first-order valence-electron chi connectivity index (χ1n) is 9.23. The highest BCUT2D eigenvalue weighted by atomic mass is 32.1. The molecule has 0 saturated carbocycles. The summed E-state index contributed by atoms with van der Waals surface area (Å²) in [5.74, 6) is 0.182. The van der Waals surface area contributed by atoms with Gasteiger partial charge in [0, 0.05) is 35.3 Å². The minimum absolute atomic E-state index is 0.0745. The average molecular weight is 410 g/mol. The van der Waals surface area contributed by atoms with Crippen molar-refractivity contribution < 1.29 is 14.3 Å². The van der Waals surface area contributed by atoms with Gasteiger partial charge in [-0.05, 0) is 49.7 Å². The van der Waals surface area contributed by atoms with Crippen LogP contribution in [0.3, 0.4) is 0 Å². The molecule has 1 N–H and O–H groups in total. The van der Waals surface area contributed by atoms with Gasteiger partial charge in [-0.3, -0.25) is 9.59 Å². The molecule has 0 bridgehead atoms. The first-order valence-corrected chi connectivity index (χ1v) is 10.1. The monoisotopic (exact) mass is 409 g/mol. The molecule has 0 atom stereocenters. The van der Waals surface area contributed by atoms with Crippen LogP contribution in [-0.4, -0.2) is 29.5 Å². The lowest BCUT2D eigenvalue weighted by atomic mass is 10.1. The van der Waals surface area contributed by atoms with E-state index < -0.39 is 0 Å². The minimum atomic E-state index is -0.329. The Morgan fingerprint density at radius 3 is 2.66 bits per heavy atom. The number of carbonyl (C=O) groups is 2. The van der Waals surface area contributed by atoms with Gasteiger partial charge in [0.1, 0.15) is 5.75 Å². The van der Waals surface area contributed by atoms with Crippen molar-refractivity contribution in [2.45, 2.75) is 26.4 Å². The maximum atomic E-state index is 12.5. The van der Waals surface area contributed by atoms with Crippen LogP contribution >= 0.6 is 11.3 Å². The number of ether oxygens (including phenoxy) is 1. The lowest BCUT2D eigenvalue weighted by molar-refractivity contribution is 0.0942. The van der Waals surface area contributed by atoms with E-state index in [1.807, 2.05) is 48.2 Å². The molecule has 7 heteroatoms. The SMILES string of the molecule is COc1cccc(C(=O)N=c2sccn2Cc2cccc(C(=O)NC(C)C)c2)c1. The van der Waals surface area contributed by atoms with E-state index >= 15 is 0 Å². The summed E-state index contributed by atoms with van der Waals surface area (Å²) < 4.78 is 7.06. The summed E-state index contributed by atoms with van der Waals surface area (Å²) in [5, 5.41) is 4.77. The molecule has 3 aromatic rings. The van der Waals surface area contributed by atoms with Gasteiger partial charge in [0.25, 0.3) is 11.8 Å². The number of rotatable bonds is 6. The van der Waals surface area contributed by atoms with Gasteiger partial charge in [0.05, 0.1) is 7.11 Å². The number of hydrogen-bond donors (Lipinski definition) is 1. The molecule has 0 fully saturated rings. The van der Waals surface area contributed by atoms with Crippen molar-refractivity contribution in [2.24, 2.45) is 4.99 Å². The van der Waals surface area contributed by atoms with Crippen LogP contribution in [0.15, 0.2) is 65.1 Å². The topological polar surface area (TPSA) is 72.7 Å². The molecular weight excluding hydrogens is 386 g/mol. The van der Waals surface area contributed by atoms with Crippen molar-refractivity contribution in [3.05, 3.63) is 81.6 Å². The number of amides is 2. The zero-order valence-electron chi connectivity index (χ0n) is 16.6. The van der Waals surface area contributed by atoms with E-state index in [-0.39, 0.29) is 17.9 Å². The molecule has 2 amide bonds. The lowest BCUT2D eigenvalue weighted by Gasteiger charge is -2.10. The van der Waals surface area contributed by atoms with Crippen LogP contribution in [0.5, 0.6) is 5.75 Å². The number of nitrogens with zero attached hydrogens (tertiary/aromatic N) is 2. The quantitative estimate of drug-likeness (QED) is 0.677. The van der Waals surface area contributed by atoms with Crippen molar-refractivity contribution in [1.82, 2.24) is 9.88 Å². The van der Waals surface area contributed by atoms with E-state index in [9.17, 15) is 9.59 Å². The van der Waals surface area contributed by atoms with Gasteiger partial charge in [0.15, 0.2) is 4.80 Å².